The first-order valence-electron chi connectivity index (χ1n) is 7.11. The van der Waals surface area contributed by atoms with E-state index in [1.807, 2.05) is 13.8 Å². The molecule has 0 saturated carbocycles. The van der Waals surface area contributed by atoms with Gasteiger partial charge in [-0.2, -0.15) is 0 Å². The number of nitrogens with one attached hydrogen (secondary N) is 1. The van der Waals surface area contributed by atoms with E-state index in [1.54, 1.807) is 18.2 Å². The first kappa shape index (κ1) is 15.5. The average Bonchev–Trinajstić information content (AvgIpc) is 2.89. The molecule has 1 heterocycles. The summed E-state index contributed by atoms with van der Waals surface area (Å²) < 4.78 is 18.8. The Hall–Kier alpha value is -2.40. The van der Waals surface area contributed by atoms with Crippen LogP contribution in [0.15, 0.2) is 40.8 Å². The summed E-state index contributed by atoms with van der Waals surface area (Å²) in [6, 6.07) is 9.21. The highest BCUT2D eigenvalue weighted by molar-refractivity contribution is 6.33. The molecule has 1 aromatic heterocycles. The van der Waals surface area contributed by atoms with Gasteiger partial charge < -0.3 is 9.73 Å². The van der Waals surface area contributed by atoms with Crippen molar-refractivity contribution in [3.05, 3.63) is 47.2 Å². The first-order valence-corrected chi connectivity index (χ1v) is 7.48. The number of aromatic nitrogens is 1. The number of hydrogen-bond donors (Lipinski definition) is 1. The molecule has 0 fully saturated rings. The van der Waals surface area contributed by atoms with Gasteiger partial charge in [0.05, 0.1) is 10.6 Å². The number of rotatable bonds is 3. The molecular formula is C17H14ClFN2O2. The van der Waals surface area contributed by atoms with Gasteiger partial charge in [-0.3, -0.25) is 4.79 Å². The average molecular weight is 333 g/mol. The van der Waals surface area contributed by atoms with Crippen LogP contribution in [0.25, 0.3) is 22.6 Å². The van der Waals surface area contributed by atoms with Gasteiger partial charge in [-0.15, -0.1) is 0 Å². The second-order valence-electron chi connectivity index (χ2n) is 5.47. The predicted octanol–water partition coefficient (Wildman–Crippen LogP) is 4.88. The number of oxazole rings is 1. The van der Waals surface area contributed by atoms with Crippen molar-refractivity contribution in [2.24, 2.45) is 5.92 Å². The van der Waals surface area contributed by atoms with Crippen LogP contribution >= 0.6 is 11.6 Å². The maximum absolute atomic E-state index is 13.1. The third-order valence-electron chi connectivity index (χ3n) is 3.34. The molecule has 6 heteroatoms. The third kappa shape index (κ3) is 3.19. The number of hydrogen-bond acceptors (Lipinski definition) is 3. The Kier molecular flexibility index (Phi) is 4.05. The lowest BCUT2D eigenvalue weighted by atomic mass is 10.2. The van der Waals surface area contributed by atoms with E-state index in [-0.39, 0.29) is 16.8 Å². The van der Waals surface area contributed by atoms with Gasteiger partial charge in [0.25, 0.3) is 0 Å². The fraction of sp³-hybridized carbons (Fsp3) is 0.176. The zero-order valence-corrected chi connectivity index (χ0v) is 13.3. The SMILES string of the molecule is CC(C)C(=O)Nc1ccc2oc(-c3ccc(F)cc3Cl)nc2c1. The van der Waals surface area contributed by atoms with Crippen molar-refractivity contribution in [2.45, 2.75) is 13.8 Å². The van der Waals surface area contributed by atoms with Crippen LogP contribution in [0.3, 0.4) is 0 Å². The van der Waals surface area contributed by atoms with Crippen LogP contribution in [0.5, 0.6) is 0 Å². The van der Waals surface area contributed by atoms with Crippen LogP contribution in [-0.4, -0.2) is 10.9 Å². The monoisotopic (exact) mass is 332 g/mol. The zero-order chi connectivity index (χ0) is 16.6. The summed E-state index contributed by atoms with van der Waals surface area (Å²) >= 11 is 6.03. The van der Waals surface area contributed by atoms with E-state index >= 15 is 0 Å². The van der Waals surface area contributed by atoms with E-state index in [1.165, 1.54) is 18.2 Å². The predicted molar refractivity (Wildman–Crippen MR) is 87.9 cm³/mol. The van der Waals surface area contributed by atoms with Crippen LogP contribution in [-0.2, 0) is 4.79 Å². The topological polar surface area (TPSA) is 55.1 Å². The van der Waals surface area contributed by atoms with Gasteiger partial charge >= 0.3 is 0 Å². The van der Waals surface area contributed by atoms with Crippen LogP contribution < -0.4 is 5.32 Å². The van der Waals surface area contributed by atoms with Crippen molar-refractivity contribution in [2.75, 3.05) is 5.32 Å². The molecule has 0 unspecified atom stereocenters. The van der Waals surface area contributed by atoms with E-state index in [0.29, 0.717) is 28.2 Å². The second kappa shape index (κ2) is 6.01. The van der Waals surface area contributed by atoms with E-state index in [2.05, 4.69) is 10.3 Å². The number of anilines is 1. The summed E-state index contributed by atoms with van der Waals surface area (Å²) in [4.78, 5) is 16.1. The number of nitrogens with zero attached hydrogens (tertiary/aromatic N) is 1. The van der Waals surface area contributed by atoms with Crippen molar-refractivity contribution in [3.63, 3.8) is 0 Å². The number of amides is 1. The number of halogens is 2. The summed E-state index contributed by atoms with van der Waals surface area (Å²) in [5.74, 6) is -0.308. The normalized spacial score (nSPS) is 11.2. The highest BCUT2D eigenvalue weighted by Gasteiger charge is 2.13. The van der Waals surface area contributed by atoms with Crippen LogP contribution in [0, 0.1) is 11.7 Å². The summed E-state index contributed by atoms with van der Waals surface area (Å²) in [7, 11) is 0. The van der Waals surface area contributed by atoms with E-state index in [9.17, 15) is 9.18 Å². The Morgan fingerprint density at radius 2 is 2.04 bits per heavy atom. The molecule has 23 heavy (non-hydrogen) atoms. The van der Waals surface area contributed by atoms with Gasteiger partial charge in [0.1, 0.15) is 11.3 Å². The van der Waals surface area contributed by atoms with Gasteiger partial charge in [-0.25, -0.2) is 9.37 Å². The van der Waals surface area contributed by atoms with Crippen molar-refractivity contribution in [3.8, 4) is 11.5 Å². The Bertz CT molecular complexity index is 889. The quantitative estimate of drug-likeness (QED) is 0.743. The molecule has 4 nitrogen and oxygen atoms in total. The van der Waals surface area contributed by atoms with Gasteiger partial charge in [-0.05, 0) is 36.4 Å². The molecule has 0 aliphatic carbocycles. The molecule has 0 radical (unpaired) electrons. The highest BCUT2D eigenvalue weighted by atomic mass is 35.5. The number of benzene rings is 2. The van der Waals surface area contributed by atoms with Gasteiger partial charge in [-0.1, -0.05) is 25.4 Å². The molecule has 3 rings (SSSR count). The molecular weight excluding hydrogens is 319 g/mol. The Morgan fingerprint density at radius 1 is 1.26 bits per heavy atom. The molecule has 0 spiro atoms. The fourth-order valence-corrected chi connectivity index (χ4v) is 2.32. The van der Waals surface area contributed by atoms with E-state index < -0.39 is 5.82 Å². The van der Waals surface area contributed by atoms with Crippen LogP contribution in [0.1, 0.15) is 13.8 Å². The molecule has 0 saturated heterocycles. The van der Waals surface area contributed by atoms with E-state index in [0.717, 1.165) is 0 Å². The molecule has 2 aromatic carbocycles. The molecule has 0 aliphatic rings. The van der Waals surface area contributed by atoms with Crippen molar-refractivity contribution in [1.82, 2.24) is 4.98 Å². The molecule has 0 bridgehead atoms. The molecule has 118 valence electrons. The molecule has 0 atom stereocenters. The summed E-state index contributed by atoms with van der Waals surface area (Å²) in [5, 5.41) is 3.03. The lowest BCUT2D eigenvalue weighted by molar-refractivity contribution is -0.118. The van der Waals surface area contributed by atoms with Crippen molar-refractivity contribution in [1.29, 1.82) is 0 Å². The van der Waals surface area contributed by atoms with Crippen molar-refractivity contribution < 1.29 is 13.6 Å². The number of carbonyl (C=O) groups is 1. The largest absolute Gasteiger partial charge is 0.436 e. The highest BCUT2D eigenvalue weighted by Crippen LogP contribution is 2.31. The summed E-state index contributed by atoms with van der Waals surface area (Å²) in [5.41, 5.74) is 2.29. The van der Waals surface area contributed by atoms with Gasteiger partial charge in [0.2, 0.25) is 11.8 Å². The lowest BCUT2D eigenvalue weighted by Crippen LogP contribution is -2.17. The molecule has 1 N–H and O–H groups in total. The summed E-state index contributed by atoms with van der Waals surface area (Å²) in [6.45, 7) is 3.64. The van der Waals surface area contributed by atoms with Crippen LogP contribution in [0.2, 0.25) is 5.02 Å². The first-order chi connectivity index (χ1) is 10.9. The molecule has 0 aliphatic heterocycles. The third-order valence-corrected chi connectivity index (χ3v) is 3.65. The maximum Gasteiger partial charge on any atom is 0.228 e. The standard InChI is InChI=1S/C17H14ClFN2O2/c1-9(2)16(22)20-11-4-6-15-14(8-11)21-17(23-15)12-5-3-10(19)7-13(12)18/h3-9H,1-2H3,(H,20,22). The zero-order valence-electron chi connectivity index (χ0n) is 12.6. The maximum atomic E-state index is 13.1. The minimum Gasteiger partial charge on any atom is -0.436 e. The molecule has 3 aromatic rings. The lowest BCUT2D eigenvalue weighted by Gasteiger charge is -2.06. The number of fused-ring (bicyclic) bond motifs is 1. The van der Waals surface area contributed by atoms with Gasteiger partial charge in [0, 0.05) is 11.6 Å². The minimum absolute atomic E-state index is 0.0744. The minimum atomic E-state index is -0.423. The smallest absolute Gasteiger partial charge is 0.228 e. The summed E-state index contributed by atoms with van der Waals surface area (Å²) in [6.07, 6.45) is 0. The van der Waals surface area contributed by atoms with Crippen molar-refractivity contribution >= 4 is 34.3 Å². The Balaban J connectivity index is 1.97. The molecule has 1 amide bonds. The number of carbonyl (C=O) groups excluding carboxylic acids is 1. The van der Waals surface area contributed by atoms with Gasteiger partial charge in [0.15, 0.2) is 5.58 Å². The van der Waals surface area contributed by atoms with Crippen LogP contribution in [0.4, 0.5) is 10.1 Å². The second-order valence-corrected chi connectivity index (χ2v) is 5.88. The Labute approximate surface area is 137 Å². The van der Waals surface area contributed by atoms with E-state index in [4.69, 9.17) is 16.0 Å². The fourth-order valence-electron chi connectivity index (χ4n) is 2.07. The Morgan fingerprint density at radius 3 is 2.74 bits per heavy atom.